The number of ether oxygens (including phenoxy) is 1. The number of benzene rings is 1. The highest BCUT2D eigenvalue weighted by molar-refractivity contribution is 6.10. The molecular weight excluding hydrogens is 563 g/mol. The topological polar surface area (TPSA) is 115 Å². The van der Waals surface area contributed by atoms with E-state index >= 15 is 0 Å². The lowest BCUT2D eigenvalue weighted by atomic mass is 9.70. The summed E-state index contributed by atoms with van der Waals surface area (Å²) < 4.78 is 25.9. The Balaban J connectivity index is 1.35. The Morgan fingerprint density at radius 1 is 1.07 bits per heavy atom. The number of rotatable bonds is 5. The molecule has 9 rings (SSSR count). The van der Waals surface area contributed by atoms with Crippen LogP contribution in [0.3, 0.4) is 0 Å². The first-order valence-electron chi connectivity index (χ1n) is 14.9. The van der Waals surface area contributed by atoms with Crippen LogP contribution in [0.5, 0.6) is 5.75 Å². The largest absolute Gasteiger partial charge is 0.476 e. The van der Waals surface area contributed by atoms with E-state index < -0.39 is 11.4 Å². The molecule has 7 heterocycles. The Hall–Kier alpha value is -4.67. The van der Waals surface area contributed by atoms with E-state index in [-0.39, 0.29) is 29.8 Å². The second kappa shape index (κ2) is 8.93. The van der Waals surface area contributed by atoms with Crippen LogP contribution < -0.4 is 9.64 Å². The number of hydrogen-bond donors (Lipinski definition) is 0. The van der Waals surface area contributed by atoms with Gasteiger partial charge in [0.25, 0.3) is 11.8 Å². The maximum atomic E-state index is 14.2. The predicted molar refractivity (Wildman–Crippen MR) is 157 cm³/mol. The Morgan fingerprint density at radius 3 is 2.55 bits per heavy atom. The SMILES string of the molecule is Cc1nnc(-c2c(C(C)C)nc3c(c2-c2ccc4c(c2)OC(C)(C)C(=O)N4Cc2ccc(F)cn2)C(=O)N2CC4CC32C4)o1. The van der Waals surface area contributed by atoms with Crippen LogP contribution in [0.2, 0.25) is 0 Å². The highest BCUT2D eigenvalue weighted by Gasteiger charge is 2.65. The van der Waals surface area contributed by atoms with Crippen molar-refractivity contribution in [3.63, 3.8) is 0 Å². The summed E-state index contributed by atoms with van der Waals surface area (Å²) in [6.45, 7) is 10.2. The molecule has 4 aromatic rings. The maximum absolute atomic E-state index is 14.2. The molecule has 4 aliphatic heterocycles. The van der Waals surface area contributed by atoms with Crippen molar-refractivity contribution in [2.75, 3.05) is 11.4 Å². The molecule has 3 aromatic heterocycles. The van der Waals surface area contributed by atoms with E-state index in [1.54, 1.807) is 31.7 Å². The summed E-state index contributed by atoms with van der Waals surface area (Å²) in [5, 5.41) is 8.49. The van der Waals surface area contributed by atoms with Crippen LogP contribution in [-0.4, -0.2) is 49.0 Å². The number of aryl methyl sites for hydroxylation is 1. The first kappa shape index (κ1) is 26.9. The zero-order chi connectivity index (χ0) is 30.7. The summed E-state index contributed by atoms with van der Waals surface area (Å²) in [6.07, 6.45) is 2.98. The zero-order valence-corrected chi connectivity index (χ0v) is 25.1. The highest BCUT2D eigenvalue weighted by atomic mass is 19.1. The van der Waals surface area contributed by atoms with Crippen molar-refractivity contribution in [1.29, 1.82) is 0 Å². The van der Waals surface area contributed by atoms with Crippen LogP contribution in [0, 0.1) is 18.7 Å². The van der Waals surface area contributed by atoms with Crippen molar-refractivity contribution in [3.8, 4) is 28.3 Å². The molecule has 5 aliphatic rings. The van der Waals surface area contributed by atoms with Gasteiger partial charge in [-0.25, -0.2) is 4.39 Å². The molecule has 11 heteroatoms. The third-order valence-corrected chi connectivity index (χ3v) is 9.40. The third kappa shape index (κ3) is 3.64. The predicted octanol–water partition coefficient (Wildman–Crippen LogP) is 5.54. The van der Waals surface area contributed by atoms with E-state index in [2.05, 4.69) is 29.0 Å². The number of halogens is 1. The molecule has 10 nitrogen and oxygen atoms in total. The number of amides is 2. The number of carbonyl (C=O) groups excluding carboxylic acids is 2. The van der Waals surface area contributed by atoms with Gasteiger partial charge >= 0.3 is 0 Å². The van der Waals surface area contributed by atoms with E-state index in [0.29, 0.717) is 51.5 Å². The van der Waals surface area contributed by atoms with Gasteiger partial charge in [0.2, 0.25) is 11.8 Å². The molecule has 0 atom stereocenters. The number of anilines is 1. The molecule has 0 N–H and O–H groups in total. The minimum atomic E-state index is -1.18. The van der Waals surface area contributed by atoms with Crippen molar-refractivity contribution in [2.45, 2.75) is 71.1 Å². The molecule has 1 aliphatic carbocycles. The second-order valence-corrected chi connectivity index (χ2v) is 13.1. The summed E-state index contributed by atoms with van der Waals surface area (Å²) in [5.41, 5.74) is 3.79. The fourth-order valence-corrected chi connectivity index (χ4v) is 7.43. The molecule has 0 unspecified atom stereocenters. The van der Waals surface area contributed by atoms with Crippen molar-refractivity contribution in [3.05, 3.63) is 70.9 Å². The first-order valence-corrected chi connectivity index (χ1v) is 14.9. The van der Waals surface area contributed by atoms with Gasteiger partial charge in [0.15, 0.2) is 5.60 Å². The summed E-state index contributed by atoms with van der Waals surface area (Å²) in [7, 11) is 0. The summed E-state index contributed by atoms with van der Waals surface area (Å²) >= 11 is 0. The van der Waals surface area contributed by atoms with E-state index in [1.165, 1.54) is 6.07 Å². The van der Waals surface area contributed by atoms with Crippen LogP contribution in [0.1, 0.15) is 79.8 Å². The monoisotopic (exact) mass is 594 g/mol. The Bertz CT molecular complexity index is 1890. The number of aromatic nitrogens is 4. The average Bonchev–Trinajstić information content (AvgIpc) is 3.72. The molecule has 2 bridgehead atoms. The van der Waals surface area contributed by atoms with Crippen LogP contribution in [0.25, 0.3) is 22.6 Å². The van der Waals surface area contributed by atoms with Crippen LogP contribution in [0.4, 0.5) is 10.1 Å². The molecule has 0 radical (unpaired) electrons. The Morgan fingerprint density at radius 2 is 1.86 bits per heavy atom. The summed E-state index contributed by atoms with van der Waals surface area (Å²) in [4.78, 5) is 40.7. The van der Waals surface area contributed by atoms with Crippen molar-refractivity contribution in [1.82, 2.24) is 25.1 Å². The van der Waals surface area contributed by atoms with Crippen LogP contribution >= 0.6 is 0 Å². The second-order valence-electron chi connectivity index (χ2n) is 13.1. The van der Waals surface area contributed by atoms with Gasteiger partial charge in [0.05, 0.1) is 52.2 Å². The van der Waals surface area contributed by atoms with Crippen molar-refractivity contribution < 1.29 is 23.1 Å². The van der Waals surface area contributed by atoms with Crippen LogP contribution in [-0.2, 0) is 16.9 Å². The lowest BCUT2D eigenvalue weighted by Gasteiger charge is -2.39. The lowest BCUT2D eigenvalue weighted by Crippen LogP contribution is -2.52. The normalized spacial score (nSPS) is 22.6. The van der Waals surface area contributed by atoms with Gasteiger partial charge in [0.1, 0.15) is 11.6 Å². The maximum Gasteiger partial charge on any atom is 0.271 e. The molecular formula is C33H31FN6O4. The number of pyridine rings is 2. The van der Waals surface area contributed by atoms with Gasteiger partial charge in [-0.1, -0.05) is 19.9 Å². The lowest BCUT2D eigenvalue weighted by molar-refractivity contribution is -0.132. The fraction of sp³-hybridized carbons (Fsp3) is 0.394. The standard InChI is InChI=1S/C33H31FN6O4/c1-16(2)27-25(29-38-37-17(3)43-29)24(26-28(36-27)33-11-18(12-33)14-40(33)30(26)41)19-6-9-22-23(10-19)44-32(4,5)31(42)39(22)15-21-8-7-20(34)13-35-21/h6-10,13,16,18H,11-12,14-15H2,1-5H3. The number of nitrogens with zero attached hydrogens (tertiary/aromatic N) is 6. The number of carbonyl (C=O) groups is 2. The molecule has 1 aromatic carbocycles. The zero-order valence-electron chi connectivity index (χ0n) is 25.1. The van der Waals surface area contributed by atoms with Gasteiger partial charge in [-0.3, -0.25) is 24.5 Å². The minimum absolute atomic E-state index is 0.00298. The quantitative estimate of drug-likeness (QED) is 0.296. The van der Waals surface area contributed by atoms with Gasteiger partial charge in [-0.15, -0.1) is 10.2 Å². The average molecular weight is 595 g/mol. The Kier molecular flexibility index (Phi) is 5.46. The Labute approximate surface area is 253 Å². The molecule has 3 fully saturated rings. The molecule has 1 saturated carbocycles. The van der Waals surface area contributed by atoms with E-state index in [4.69, 9.17) is 14.1 Å². The molecule has 224 valence electrons. The van der Waals surface area contributed by atoms with Crippen molar-refractivity contribution in [2.24, 2.45) is 5.92 Å². The van der Waals surface area contributed by atoms with Gasteiger partial charge < -0.3 is 14.1 Å². The number of hydrogen-bond acceptors (Lipinski definition) is 8. The van der Waals surface area contributed by atoms with E-state index in [0.717, 1.165) is 42.5 Å². The van der Waals surface area contributed by atoms with Gasteiger partial charge in [-0.2, -0.15) is 0 Å². The highest BCUT2D eigenvalue weighted by Crippen LogP contribution is 2.63. The molecule has 2 saturated heterocycles. The summed E-state index contributed by atoms with van der Waals surface area (Å²) in [5.74, 6) is 0.982. The van der Waals surface area contributed by atoms with E-state index in [9.17, 15) is 14.0 Å². The van der Waals surface area contributed by atoms with Crippen LogP contribution in [0.15, 0.2) is 40.9 Å². The fourth-order valence-electron chi connectivity index (χ4n) is 7.43. The smallest absolute Gasteiger partial charge is 0.271 e. The van der Waals surface area contributed by atoms with Gasteiger partial charge in [0, 0.05) is 19.0 Å². The first-order chi connectivity index (χ1) is 21.0. The van der Waals surface area contributed by atoms with Gasteiger partial charge in [-0.05, 0) is 68.4 Å². The van der Waals surface area contributed by atoms with E-state index in [1.807, 2.05) is 23.1 Å². The molecule has 1 spiro atoms. The molecule has 2 amide bonds. The summed E-state index contributed by atoms with van der Waals surface area (Å²) in [6, 6.07) is 8.48. The number of fused-ring (bicyclic) bond motifs is 2. The van der Waals surface area contributed by atoms with Crippen molar-refractivity contribution >= 4 is 17.5 Å². The molecule has 44 heavy (non-hydrogen) atoms. The third-order valence-electron chi connectivity index (χ3n) is 9.40. The minimum Gasteiger partial charge on any atom is -0.476 e.